The molecule has 32 heavy (non-hydrogen) atoms. The lowest BCUT2D eigenvalue weighted by atomic mass is 10.3. The average molecular weight is 432 g/mol. The largest absolute Gasteiger partial charge is 0.439 e. The lowest BCUT2D eigenvalue weighted by Gasteiger charge is -2.11. The Hall–Kier alpha value is -4.27. The molecule has 4 rings (SSSR count). The predicted octanol–water partition coefficient (Wildman–Crippen LogP) is 5.16. The van der Waals surface area contributed by atoms with Gasteiger partial charge in [-0.2, -0.15) is 4.98 Å². The topological polar surface area (TPSA) is 94.0 Å². The molecular weight excluding hydrogens is 411 g/mol. The summed E-state index contributed by atoms with van der Waals surface area (Å²) in [4.78, 5) is 25.2. The quantitative estimate of drug-likeness (QED) is 0.454. The number of rotatable bonds is 5. The number of nitrogens with zero attached hydrogens (tertiary/aromatic N) is 4. The van der Waals surface area contributed by atoms with Crippen molar-refractivity contribution in [1.82, 2.24) is 19.5 Å². The number of hydrogen-bond acceptors (Lipinski definition) is 5. The summed E-state index contributed by atoms with van der Waals surface area (Å²) in [5, 5.41) is 5.34. The van der Waals surface area contributed by atoms with Gasteiger partial charge in [-0.1, -0.05) is 0 Å². The molecule has 0 bridgehead atoms. The van der Waals surface area contributed by atoms with Crippen LogP contribution < -0.4 is 15.4 Å². The highest BCUT2D eigenvalue weighted by atomic mass is 19.1. The molecule has 0 atom stereocenters. The number of aromatic nitrogens is 4. The highest BCUT2D eigenvalue weighted by molar-refractivity contribution is 5.99. The van der Waals surface area contributed by atoms with E-state index in [1.54, 1.807) is 43.6 Å². The summed E-state index contributed by atoms with van der Waals surface area (Å²) in [6.07, 6.45) is 1.72. The van der Waals surface area contributed by atoms with Gasteiger partial charge in [-0.15, -0.1) is 0 Å². The van der Waals surface area contributed by atoms with Crippen LogP contribution in [0, 0.1) is 26.6 Å². The summed E-state index contributed by atoms with van der Waals surface area (Å²) in [6, 6.07) is 13.7. The molecule has 0 unspecified atom stereocenters. The summed E-state index contributed by atoms with van der Waals surface area (Å²) in [6.45, 7) is 5.70. The van der Waals surface area contributed by atoms with Crippen LogP contribution in [0.5, 0.6) is 11.6 Å². The van der Waals surface area contributed by atoms with Gasteiger partial charge < -0.3 is 15.4 Å². The maximum atomic E-state index is 13.0. The summed E-state index contributed by atoms with van der Waals surface area (Å²) in [7, 11) is 0. The monoisotopic (exact) mass is 432 g/mol. The molecule has 2 aromatic heterocycles. The number of benzene rings is 2. The molecule has 0 aliphatic carbocycles. The van der Waals surface area contributed by atoms with Crippen molar-refractivity contribution in [3.63, 3.8) is 0 Å². The van der Waals surface area contributed by atoms with E-state index in [1.165, 1.54) is 24.3 Å². The van der Waals surface area contributed by atoms with Crippen LogP contribution in [0.25, 0.3) is 5.82 Å². The van der Waals surface area contributed by atoms with E-state index in [1.807, 2.05) is 18.4 Å². The van der Waals surface area contributed by atoms with Crippen molar-refractivity contribution >= 4 is 17.4 Å². The fourth-order valence-corrected chi connectivity index (χ4v) is 2.98. The smallest absolute Gasteiger partial charge is 0.323 e. The molecule has 0 fully saturated rings. The van der Waals surface area contributed by atoms with Gasteiger partial charge in [0.1, 0.15) is 29.5 Å². The van der Waals surface area contributed by atoms with Crippen molar-refractivity contribution in [2.24, 2.45) is 0 Å². The van der Waals surface area contributed by atoms with Crippen molar-refractivity contribution in [3.05, 3.63) is 84.0 Å². The normalized spacial score (nSPS) is 10.6. The zero-order valence-corrected chi connectivity index (χ0v) is 17.8. The molecule has 0 saturated carbocycles. The number of carbonyl (C=O) groups is 1. The fraction of sp³-hybridized carbons (Fsp3) is 0.130. The van der Waals surface area contributed by atoms with E-state index < -0.39 is 6.03 Å². The van der Waals surface area contributed by atoms with E-state index in [2.05, 4.69) is 25.6 Å². The predicted molar refractivity (Wildman–Crippen MR) is 119 cm³/mol. The first kappa shape index (κ1) is 21.0. The molecule has 0 aliphatic heterocycles. The number of halogens is 1. The van der Waals surface area contributed by atoms with E-state index in [0.29, 0.717) is 34.6 Å². The number of ether oxygens (including phenoxy) is 1. The van der Waals surface area contributed by atoms with Crippen molar-refractivity contribution < 1.29 is 13.9 Å². The Morgan fingerprint density at radius 2 is 1.56 bits per heavy atom. The van der Waals surface area contributed by atoms with Crippen LogP contribution in [-0.4, -0.2) is 25.6 Å². The standard InChI is InChI=1S/C23H21FN6O2/c1-14-15(2)30(13-25-14)21-12-22(27-16(3)26-21)32-20-10-8-19(9-11-20)29-23(31)28-18-6-4-17(24)5-7-18/h4-13H,1-3H3,(H2,28,29,31). The summed E-state index contributed by atoms with van der Waals surface area (Å²) < 4.78 is 20.7. The van der Waals surface area contributed by atoms with Crippen LogP contribution in [0.1, 0.15) is 17.2 Å². The lowest BCUT2D eigenvalue weighted by Crippen LogP contribution is -2.19. The third-order valence-electron chi connectivity index (χ3n) is 4.74. The molecule has 0 spiro atoms. The highest BCUT2D eigenvalue weighted by Gasteiger charge is 2.10. The van der Waals surface area contributed by atoms with Gasteiger partial charge >= 0.3 is 6.03 Å². The molecule has 162 valence electrons. The molecule has 4 aromatic rings. The van der Waals surface area contributed by atoms with Gasteiger partial charge in [-0.3, -0.25) is 4.57 Å². The summed E-state index contributed by atoms with van der Waals surface area (Å²) in [5.74, 6) is 1.82. The third kappa shape index (κ3) is 4.89. The fourth-order valence-electron chi connectivity index (χ4n) is 2.98. The highest BCUT2D eigenvalue weighted by Crippen LogP contribution is 2.24. The Bertz CT molecular complexity index is 1250. The Balaban J connectivity index is 1.43. The van der Waals surface area contributed by atoms with Crippen LogP contribution in [0.15, 0.2) is 60.9 Å². The van der Waals surface area contributed by atoms with E-state index in [0.717, 1.165) is 11.4 Å². The van der Waals surface area contributed by atoms with Crippen molar-refractivity contribution in [3.8, 4) is 17.4 Å². The van der Waals surface area contributed by atoms with E-state index in [9.17, 15) is 9.18 Å². The second kappa shape index (κ2) is 8.84. The molecule has 0 radical (unpaired) electrons. The van der Waals surface area contributed by atoms with Gasteiger partial charge in [0.25, 0.3) is 0 Å². The third-order valence-corrected chi connectivity index (χ3v) is 4.74. The van der Waals surface area contributed by atoms with E-state index in [-0.39, 0.29) is 5.82 Å². The zero-order chi connectivity index (χ0) is 22.7. The van der Waals surface area contributed by atoms with Crippen LogP contribution in [-0.2, 0) is 0 Å². The van der Waals surface area contributed by atoms with Gasteiger partial charge in [-0.05, 0) is 69.3 Å². The Morgan fingerprint density at radius 1 is 0.938 bits per heavy atom. The van der Waals surface area contributed by atoms with Gasteiger partial charge in [0, 0.05) is 23.1 Å². The lowest BCUT2D eigenvalue weighted by molar-refractivity contribution is 0.262. The first-order valence-corrected chi connectivity index (χ1v) is 9.85. The summed E-state index contributed by atoms with van der Waals surface area (Å²) >= 11 is 0. The molecule has 2 aromatic carbocycles. The maximum absolute atomic E-state index is 13.0. The van der Waals surface area contributed by atoms with Gasteiger partial charge in [0.2, 0.25) is 5.88 Å². The molecule has 2 amide bonds. The number of carbonyl (C=O) groups excluding carboxylic acids is 1. The van der Waals surface area contributed by atoms with Gasteiger partial charge in [-0.25, -0.2) is 19.2 Å². The second-order valence-corrected chi connectivity index (χ2v) is 7.11. The number of nitrogens with one attached hydrogen (secondary N) is 2. The average Bonchev–Trinajstić information content (AvgIpc) is 3.09. The maximum Gasteiger partial charge on any atom is 0.323 e. The van der Waals surface area contributed by atoms with Crippen molar-refractivity contribution in [2.75, 3.05) is 10.6 Å². The molecule has 2 heterocycles. The number of anilines is 2. The first-order valence-electron chi connectivity index (χ1n) is 9.85. The number of aryl methyl sites for hydroxylation is 2. The Labute approximate surface area is 184 Å². The second-order valence-electron chi connectivity index (χ2n) is 7.11. The number of imidazole rings is 1. The number of urea groups is 1. The summed E-state index contributed by atoms with van der Waals surface area (Å²) in [5.41, 5.74) is 2.97. The molecule has 9 heteroatoms. The van der Waals surface area contributed by atoms with Crippen molar-refractivity contribution in [2.45, 2.75) is 20.8 Å². The molecular formula is C23H21FN6O2. The number of hydrogen-bond donors (Lipinski definition) is 2. The molecule has 8 nitrogen and oxygen atoms in total. The van der Waals surface area contributed by atoms with Crippen LogP contribution in [0.4, 0.5) is 20.6 Å². The van der Waals surface area contributed by atoms with E-state index >= 15 is 0 Å². The minimum atomic E-state index is -0.438. The zero-order valence-electron chi connectivity index (χ0n) is 17.8. The Morgan fingerprint density at radius 3 is 2.16 bits per heavy atom. The van der Waals surface area contributed by atoms with Gasteiger partial charge in [0.15, 0.2) is 0 Å². The molecule has 0 saturated heterocycles. The molecule has 2 N–H and O–H groups in total. The minimum Gasteiger partial charge on any atom is -0.439 e. The SMILES string of the molecule is Cc1nc(Oc2ccc(NC(=O)Nc3ccc(F)cc3)cc2)cc(-n2cnc(C)c2C)n1. The van der Waals surface area contributed by atoms with E-state index in [4.69, 9.17) is 4.74 Å². The van der Waals surface area contributed by atoms with Crippen LogP contribution >= 0.6 is 0 Å². The van der Waals surface area contributed by atoms with Crippen LogP contribution in [0.2, 0.25) is 0 Å². The number of amides is 2. The van der Waals surface area contributed by atoms with Crippen LogP contribution in [0.3, 0.4) is 0 Å². The molecule has 0 aliphatic rings. The first-order chi connectivity index (χ1) is 15.4. The van der Waals surface area contributed by atoms with Crippen molar-refractivity contribution in [1.29, 1.82) is 0 Å². The Kier molecular flexibility index (Phi) is 5.80. The van der Waals surface area contributed by atoms with Gasteiger partial charge in [0.05, 0.1) is 5.69 Å². The minimum absolute atomic E-state index is 0.368.